The second kappa shape index (κ2) is 8.77. The summed E-state index contributed by atoms with van der Waals surface area (Å²) in [6.45, 7) is 0.0484. The third-order valence-electron chi connectivity index (χ3n) is 7.66. The zero-order chi connectivity index (χ0) is 26.8. The van der Waals surface area contributed by atoms with E-state index in [4.69, 9.17) is 0 Å². The Morgan fingerprint density at radius 1 is 1.11 bits per heavy atom. The van der Waals surface area contributed by atoms with Crippen LogP contribution in [0.25, 0.3) is 11.1 Å². The predicted molar refractivity (Wildman–Crippen MR) is 122 cm³/mol. The Morgan fingerprint density at radius 2 is 1.76 bits per heavy atom. The van der Waals surface area contributed by atoms with Crippen LogP contribution in [-0.4, -0.2) is 43.6 Å². The van der Waals surface area contributed by atoms with Crippen molar-refractivity contribution in [3.8, 4) is 17.2 Å². The van der Waals surface area contributed by atoms with Crippen molar-refractivity contribution in [2.75, 3.05) is 6.54 Å². The average Bonchev–Trinajstić information content (AvgIpc) is 3.75. The van der Waals surface area contributed by atoms with Gasteiger partial charge in [0.05, 0.1) is 12.1 Å². The maximum Gasteiger partial charge on any atom is 0.350 e. The van der Waals surface area contributed by atoms with E-state index >= 15 is 4.39 Å². The van der Waals surface area contributed by atoms with Gasteiger partial charge in [0.1, 0.15) is 22.9 Å². The second-order valence-electron chi connectivity index (χ2n) is 10.1. The summed E-state index contributed by atoms with van der Waals surface area (Å²) in [5.41, 5.74) is -2.23. The van der Waals surface area contributed by atoms with Crippen molar-refractivity contribution in [3.05, 3.63) is 59.4 Å². The van der Waals surface area contributed by atoms with Gasteiger partial charge in [-0.1, -0.05) is 18.2 Å². The number of amides is 1. The Hall–Kier alpha value is -3.04. The number of benzene rings is 2. The molecule has 0 bridgehead atoms. The fourth-order valence-corrected chi connectivity index (χ4v) is 6.19. The summed E-state index contributed by atoms with van der Waals surface area (Å²) in [4.78, 5) is 14.7. The van der Waals surface area contributed by atoms with E-state index in [-0.39, 0.29) is 29.7 Å². The van der Waals surface area contributed by atoms with E-state index in [2.05, 4.69) is 4.72 Å². The summed E-state index contributed by atoms with van der Waals surface area (Å²) in [6.07, 6.45) is 1.31. The van der Waals surface area contributed by atoms with Crippen LogP contribution in [0.15, 0.2) is 36.4 Å². The molecule has 6 nitrogen and oxygen atoms in total. The third-order valence-corrected chi connectivity index (χ3v) is 8.72. The molecule has 12 heteroatoms. The zero-order valence-corrected chi connectivity index (χ0v) is 20.2. The molecule has 2 aliphatic carbocycles. The number of likely N-dealkylation sites (tertiary alicyclic amines) is 1. The van der Waals surface area contributed by atoms with Gasteiger partial charge >= 0.3 is 5.76 Å². The van der Waals surface area contributed by atoms with Crippen molar-refractivity contribution in [2.45, 2.75) is 49.9 Å². The van der Waals surface area contributed by atoms with E-state index in [9.17, 15) is 36.0 Å². The van der Waals surface area contributed by atoms with Crippen molar-refractivity contribution in [1.82, 2.24) is 9.62 Å². The summed E-state index contributed by atoms with van der Waals surface area (Å²) in [5, 5.41) is 9.56. The highest BCUT2D eigenvalue weighted by molar-refractivity contribution is 7.89. The summed E-state index contributed by atoms with van der Waals surface area (Å²) >= 11 is 0. The number of hydrogen-bond acceptors (Lipinski definition) is 4. The lowest BCUT2D eigenvalue weighted by Gasteiger charge is -2.30. The average molecular weight is 540 g/mol. The summed E-state index contributed by atoms with van der Waals surface area (Å²) < 4.78 is 96.1. The van der Waals surface area contributed by atoms with Gasteiger partial charge in [-0.25, -0.2) is 26.3 Å². The van der Waals surface area contributed by atoms with Gasteiger partial charge in [0.2, 0.25) is 5.91 Å². The van der Waals surface area contributed by atoms with Crippen LogP contribution in [0.4, 0.5) is 22.0 Å². The van der Waals surface area contributed by atoms with Crippen LogP contribution in [0.2, 0.25) is 0 Å². The fraction of sp³-hybridized carbons (Fsp3) is 0.440. The fourth-order valence-electron chi connectivity index (χ4n) is 5.32. The molecule has 0 aromatic heterocycles. The molecule has 1 spiro atoms. The first kappa shape index (κ1) is 25.6. The van der Waals surface area contributed by atoms with Crippen LogP contribution in [0, 0.1) is 39.6 Å². The molecule has 196 valence electrons. The number of nitrogens with one attached hydrogen (secondary N) is 1. The van der Waals surface area contributed by atoms with E-state index in [1.807, 2.05) is 6.07 Å². The monoisotopic (exact) mass is 539 g/mol. The number of carbonyl (C=O) groups is 1. The van der Waals surface area contributed by atoms with Gasteiger partial charge in [0, 0.05) is 29.6 Å². The molecule has 3 aliphatic rings. The first-order valence-corrected chi connectivity index (χ1v) is 13.2. The molecule has 5 rings (SSSR count). The number of rotatable bonds is 7. The van der Waals surface area contributed by atoms with Crippen molar-refractivity contribution in [2.24, 2.45) is 10.8 Å². The quantitative estimate of drug-likeness (QED) is 0.536. The maximum absolute atomic E-state index is 15.7. The number of hydrogen-bond donors (Lipinski definition) is 1. The molecule has 3 fully saturated rings. The summed E-state index contributed by atoms with van der Waals surface area (Å²) in [6, 6.07) is 6.52. The molecule has 1 saturated heterocycles. The molecule has 2 aromatic rings. The molecule has 37 heavy (non-hydrogen) atoms. The highest BCUT2D eigenvalue weighted by Gasteiger charge is 2.65. The molecule has 1 aliphatic heterocycles. The van der Waals surface area contributed by atoms with Crippen LogP contribution >= 0.6 is 0 Å². The van der Waals surface area contributed by atoms with Gasteiger partial charge in [-0.3, -0.25) is 4.79 Å². The molecule has 1 heterocycles. The Balaban J connectivity index is 1.55. The number of sulfonamides is 1. The number of halogens is 5. The van der Waals surface area contributed by atoms with E-state index < -0.39 is 62.1 Å². The van der Waals surface area contributed by atoms with Crippen LogP contribution in [-0.2, 0) is 21.2 Å². The smallest absolute Gasteiger partial charge is 0.336 e. The molecule has 2 atom stereocenters. The van der Waals surface area contributed by atoms with Crippen LogP contribution in [0.5, 0.6) is 0 Å². The SMILES string of the molecule is N#CC1(C(=O)N2CC3(CC3)C(NS(=O)(=O)C(F)F)C2Cc2cccc(-c3cc(F)cc(F)c3)c2F)CC1. The van der Waals surface area contributed by atoms with Crippen molar-refractivity contribution in [1.29, 1.82) is 5.26 Å². The van der Waals surface area contributed by atoms with Gasteiger partial charge in [0.15, 0.2) is 0 Å². The molecule has 1 N–H and O–H groups in total. The van der Waals surface area contributed by atoms with Crippen molar-refractivity contribution in [3.63, 3.8) is 0 Å². The molecule has 2 aromatic carbocycles. The minimum atomic E-state index is -5.05. The van der Waals surface area contributed by atoms with E-state index in [1.165, 1.54) is 23.1 Å². The Labute approximate surface area is 210 Å². The van der Waals surface area contributed by atoms with Gasteiger partial charge in [-0.15, -0.1) is 0 Å². The molecular formula is C25H22F5N3O3S. The molecule has 2 unspecified atom stereocenters. The van der Waals surface area contributed by atoms with Gasteiger partial charge < -0.3 is 4.90 Å². The zero-order valence-electron chi connectivity index (χ0n) is 19.4. The second-order valence-corrected chi connectivity index (χ2v) is 11.8. The minimum absolute atomic E-state index is 0.00530. The Bertz CT molecular complexity index is 1400. The molecular weight excluding hydrogens is 517 g/mol. The van der Waals surface area contributed by atoms with Gasteiger partial charge in [-0.05, 0) is 55.4 Å². The largest absolute Gasteiger partial charge is 0.350 e. The number of nitrogens with zero attached hydrogens (tertiary/aromatic N) is 2. The third kappa shape index (κ3) is 4.48. The summed E-state index contributed by atoms with van der Waals surface area (Å²) in [5.74, 6) is -6.89. The van der Waals surface area contributed by atoms with Gasteiger partial charge in [-0.2, -0.15) is 14.0 Å². The normalized spacial score (nSPS) is 23.3. The lowest BCUT2D eigenvalue weighted by molar-refractivity contribution is -0.136. The number of carbonyl (C=O) groups excluding carboxylic acids is 1. The van der Waals surface area contributed by atoms with E-state index in [0.717, 1.165) is 12.1 Å². The lowest BCUT2D eigenvalue weighted by atomic mass is 9.91. The highest BCUT2D eigenvalue weighted by Crippen LogP contribution is 2.58. The molecule has 0 radical (unpaired) electrons. The summed E-state index contributed by atoms with van der Waals surface area (Å²) in [7, 11) is -5.05. The number of alkyl halides is 2. The van der Waals surface area contributed by atoms with E-state index in [0.29, 0.717) is 31.7 Å². The first-order chi connectivity index (χ1) is 17.4. The Morgan fingerprint density at radius 3 is 2.30 bits per heavy atom. The van der Waals surface area contributed by atoms with Crippen molar-refractivity contribution < 1.29 is 35.2 Å². The van der Waals surface area contributed by atoms with Crippen LogP contribution < -0.4 is 4.72 Å². The lowest BCUT2D eigenvalue weighted by Crippen LogP contribution is -2.51. The standard InChI is InChI=1S/C25H22F5N3O3S/c26-16-8-15(9-17(27)11-16)18-3-1-2-14(20(18)28)10-19-21(32-37(35,36)23(29)30)25(6-7-25)13-33(19)22(34)24(12-31)4-5-24/h1-3,8-9,11,19,21,23,32H,4-7,10,13H2. The van der Waals surface area contributed by atoms with Crippen molar-refractivity contribution >= 4 is 15.9 Å². The van der Waals surface area contributed by atoms with E-state index in [1.54, 1.807) is 0 Å². The van der Waals surface area contributed by atoms with Gasteiger partial charge in [0.25, 0.3) is 10.0 Å². The number of nitriles is 1. The maximum atomic E-state index is 15.7. The predicted octanol–water partition coefficient (Wildman–Crippen LogP) is 4.12. The highest BCUT2D eigenvalue weighted by atomic mass is 32.2. The Kier molecular flexibility index (Phi) is 6.07. The minimum Gasteiger partial charge on any atom is -0.336 e. The molecule has 2 saturated carbocycles. The topological polar surface area (TPSA) is 90.3 Å². The van der Waals surface area contributed by atoms with Crippen LogP contribution in [0.1, 0.15) is 31.2 Å². The first-order valence-electron chi connectivity index (χ1n) is 11.7. The molecule has 1 amide bonds. The van der Waals surface area contributed by atoms with Crippen LogP contribution in [0.3, 0.4) is 0 Å².